The van der Waals surface area contributed by atoms with Gasteiger partial charge in [0.15, 0.2) is 0 Å². The summed E-state index contributed by atoms with van der Waals surface area (Å²) in [6, 6.07) is 7.85. The van der Waals surface area contributed by atoms with Crippen LogP contribution in [0.25, 0.3) is 10.9 Å². The van der Waals surface area contributed by atoms with Crippen LogP contribution in [-0.4, -0.2) is 35.9 Å². The molecule has 2 rings (SSSR count). The van der Waals surface area contributed by atoms with Gasteiger partial charge in [0.05, 0.1) is 0 Å². The molecule has 0 saturated heterocycles. The van der Waals surface area contributed by atoms with Crippen LogP contribution in [0.5, 0.6) is 5.75 Å². The Morgan fingerprint density at radius 2 is 2.11 bits per heavy atom. The van der Waals surface area contributed by atoms with Gasteiger partial charge in [0.1, 0.15) is 18.5 Å². The molecule has 0 spiro atoms. The standard InChI is InChI=1S/C15H22N2O2/c1-11(2)8-16-9-12(18)10-19-15-5-3-4-14-13(15)6-7-17-14/h3-7,11-12,16-18H,8-10H2,1-2H3. The van der Waals surface area contributed by atoms with Gasteiger partial charge in [-0.15, -0.1) is 0 Å². The zero-order valence-electron chi connectivity index (χ0n) is 11.5. The van der Waals surface area contributed by atoms with E-state index in [0.29, 0.717) is 19.1 Å². The maximum atomic E-state index is 9.85. The third kappa shape index (κ3) is 3.98. The highest BCUT2D eigenvalue weighted by Crippen LogP contribution is 2.24. The van der Waals surface area contributed by atoms with Crippen LogP contribution >= 0.6 is 0 Å². The number of fused-ring (bicyclic) bond motifs is 1. The highest BCUT2D eigenvalue weighted by Gasteiger charge is 2.07. The Balaban J connectivity index is 1.83. The van der Waals surface area contributed by atoms with Crippen molar-refractivity contribution in [3.8, 4) is 5.75 Å². The molecule has 1 atom stereocenters. The third-order valence-electron chi connectivity index (χ3n) is 2.92. The van der Waals surface area contributed by atoms with Crippen LogP contribution in [0.15, 0.2) is 30.5 Å². The second kappa shape index (κ2) is 6.59. The van der Waals surface area contributed by atoms with Crippen LogP contribution in [0.1, 0.15) is 13.8 Å². The van der Waals surface area contributed by atoms with Crippen molar-refractivity contribution in [1.29, 1.82) is 0 Å². The van der Waals surface area contributed by atoms with E-state index in [1.165, 1.54) is 0 Å². The maximum absolute atomic E-state index is 9.85. The van der Waals surface area contributed by atoms with Crippen LogP contribution < -0.4 is 10.1 Å². The number of hydrogen-bond acceptors (Lipinski definition) is 3. The summed E-state index contributed by atoms with van der Waals surface area (Å²) in [5.41, 5.74) is 1.05. The highest BCUT2D eigenvalue weighted by atomic mass is 16.5. The van der Waals surface area contributed by atoms with Gasteiger partial charge in [-0.05, 0) is 30.7 Å². The van der Waals surface area contributed by atoms with Crippen LogP contribution in [0.3, 0.4) is 0 Å². The normalized spacial score (nSPS) is 13.1. The van der Waals surface area contributed by atoms with E-state index < -0.39 is 6.10 Å². The average molecular weight is 262 g/mol. The van der Waals surface area contributed by atoms with Crippen molar-refractivity contribution in [1.82, 2.24) is 10.3 Å². The molecule has 0 aliphatic heterocycles. The van der Waals surface area contributed by atoms with Crippen molar-refractivity contribution in [2.75, 3.05) is 19.7 Å². The van der Waals surface area contributed by atoms with E-state index in [-0.39, 0.29) is 0 Å². The predicted octanol–water partition coefficient (Wildman–Crippen LogP) is 2.15. The Kier molecular flexibility index (Phi) is 4.82. The van der Waals surface area contributed by atoms with Crippen LogP contribution in [0.4, 0.5) is 0 Å². The molecule has 4 nitrogen and oxygen atoms in total. The monoisotopic (exact) mass is 262 g/mol. The minimum atomic E-state index is -0.493. The van der Waals surface area contributed by atoms with E-state index >= 15 is 0 Å². The summed E-state index contributed by atoms with van der Waals surface area (Å²) >= 11 is 0. The Morgan fingerprint density at radius 3 is 2.89 bits per heavy atom. The van der Waals surface area contributed by atoms with Gasteiger partial charge in [0, 0.05) is 23.6 Å². The highest BCUT2D eigenvalue weighted by molar-refractivity contribution is 5.85. The number of aromatic amines is 1. The molecule has 1 aromatic carbocycles. The molecule has 0 amide bonds. The van der Waals surface area contributed by atoms with Gasteiger partial charge in [0.2, 0.25) is 0 Å². The summed E-state index contributed by atoms with van der Waals surface area (Å²) in [6.07, 6.45) is 1.39. The molecule has 0 saturated carbocycles. The first-order chi connectivity index (χ1) is 9.16. The van der Waals surface area contributed by atoms with E-state index in [9.17, 15) is 5.11 Å². The van der Waals surface area contributed by atoms with Gasteiger partial charge in [-0.2, -0.15) is 0 Å². The molecular weight excluding hydrogens is 240 g/mol. The topological polar surface area (TPSA) is 57.3 Å². The summed E-state index contributed by atoms with van der Waals surface area (Å²) in [6.45, 7) is 6.05. The van der Waals surface area contributed by atoms with Crippen LogP contribution in [0, 0.1) is 5.92 Å². The van der Waals surface area contributed by atoms with Crippen molar-refractivity contribution in [3.63, 3.8) is 0 Å². The molecule has 2 aromatic rings. The van der Waals surface area contributed by atoms with Gasteiger partial charge in [-0.1, -0.05) is 19.9 Å². The zero-order chi connectivity index (χ0) is 13.7. The molecule has 104 valence electrons. The quantitative estimate of drug-likeness (QED) is 0.716. The fourth-order valence-electron chi connectivity index (χ4n) is 1.97. The van der Waals surface area contributed by atoms with Crippen molar-refractivity contribution in [3.05, 3.63) is 30.5 Å². The first kappa shape index (κ1) is 13.9. The first-order valence-electron chi connectivity index (χ1n) is 6.74. The summed E-state index contributed by atoms with van der Waals surface area (Å²) in [5, 5.41) is 14.1. The molecule has 3 N–H and O–H groups in total. The van der Waals surface area contributed by atoms with Crippen LogP contribution in [0.2, 0.25) is 0 Å². The number of aliphatic hydroxyl groups excluding tert-OH is 1. The van der Waals surface area contributed by atoms with Gasteiger partial charge < -0.3 is 20.1 Å². The molecule has 0 aliphatic carbocycles. The number of aliphatic hydroxyl groups is 1. The Bertz CT molecular complexity index is 508. The number of ether oxygens (including phenoxy) is 1. The molecule has 4 heteroatoms. The molecule has 19 heavy (non-hydrogen) atoms. The molecule has 0 radical (unpaired) electrons. The molecular formula is C15H22N2O2. The fraction of sp³-hybridized carbons (Fsp3) is 0.467. The molecule has 0 bridgehead atoms. The van der Waals surface area contributed by atoms with E-state index in [1.54, 1.807) is 0 Å². The number of hydrogen-bond donors (Lipinski definition) is 3. The van der Waals surface area contributed by atoms with Crippen molar-refractivity contribution in [2.45, 2.75) is 20.0 Å². The fourth-order valence-corrected chi connectivity index (χ4v) is 1.97. The van der Waals surface area contributed by atoms with Gasteiger partial charge in [-0.25, -0.2) is 0 Å². The van der Waals surface area contributed by atoms with E-state index in [1.807, 2.05) is 30.5 Å². The Hall–Kier alpha value is -1.52. The van der Waals surface area contributed by atoms with Gasteiger partial charge in [-0.3, -0.25) is 0 Å². The van der Waals surface area contributed by atoms with Crippen molar-refractivity contribution in [2.24, 2.45) is 5.92 Å². The van der Waals surface area contributed by atoms with Gasteiger partial charge in [0.25, 0.3) is 0 Å². The van der Waals surface area contributed by atoms with E-state index in [4.69, 9.17) is 4.74 Å². The smallest absolute Gasteiger partial charge is 0.128 e. The summed E-state index contributed by atoms with van der Waals surface area (Å²) in [5.74, 6) is 1.39. The number of benzene rings is 1. The minimum absolute atomic E-state index is 0.301. The minimum Gasteiger partial charge on any atom is -0.490 e. The number of H-pyrrole nitrogens is 1. The second-order valence-corrected chi connectivity index (χ2v) is 5.21. The Labute approximate surface area is 113 Å². The summed E-state index contributed by atoms with van der Waals surface area (Å²) < 4.78 is 5.69. The predicted molar refractivity (Wildman–Crippen MR) is 77.5 cm³/mol. The first-order valence-corrected chi connectivity index (χ1v) is 6.74. The lowest BCUT2D eigenvalue weighted by atomic mass is 10.2. The number of rotatable bonds is 7. The summed E-state index contributed by atoms with van der Waals surface area (Å²) in [4.78, 5) is 3.14. The lowest BCUT2D eigenvalue weighted by molar-refractivity contribution is 0.106. The SMILES string of the molecule is CC(C)CNCC(O)COc1cccc2[nH]ccc12. The average Bonchev–Trinajstić information content (AvgIpc) is 2.84. The van der Waals surface area contributed by atoms with Gasteiger partial charge >= 0.3 is 0 Å². The van der Waals surface area contributed by atoms with Crippen LogP contribution in [-0.2, 0) is 0 Å². The number of aromatic nitrogens is 1. The lowest BCUT2D eigenvalue weighted by Gasteiger charge is -2.14. The van der Waals surface area contributed by atoms with E-state index in [0.717, 1.165) is 23.2 Å². The van der Waals surface area contributed by atoms with E-state index in [2.05, 4.69) is 24.1 Å². The molecule has 0 aliphatic rings. The molecule has 1 unspecified atom stereocenters. The molecule has 0 fully saturated rings. The largest absolute Gasteiger partial charge is 0.490 e. The van der Waals surface area contributed by atoms with Crippen molar-refractivity contribution < 1.29 is 9.84 Å². The molecule has 1 aromatic heterocycles. The third-order valence-corrected chi connectivity index (χ3v) is 2.92. The van der Waals surface area contributed by atoms with Crippen molar-refractivity contribution >= 4 is 10.9 Å². The molecule has 1 heterocycles. The maximum Gasteiger partial charge on any atom is 0.128 e. The Morgan fingerprint density at radius 1 is 1.26 bits per heavy atom. The summed E-state index contributed by atoms with van der Waals surface area (Å²) in [7, 11) is 0. The zero-order valence-corrected chi connectivity index (χ0v) is 11.5. The lowest BCUT2D eigenvalue weighted by Crippen LogP contribution is -2.33. The number of nitrogens with one attached hydrogen (secondary N) is 2. The second-order valence-electron chi connectivity index (χ2n) is 5.21.